The molecular weight excluding hydrogens is 400 g/mol. The van der Waals surface area contributed by atoms with E-state index in [4.69, 9.17) is 4.74 Å². The molecule has 0 amide bonds. The summed E-state index contributed by atoms with van der Waals surface area (Å²) < 4.78 is 9.20. The molecule has 2 aromatic heterocycles. The van der Waals surface area contributed by atoms with E-state index in [1.807, 2.05) is 49.5 Å². The van der Waals surface area contributed by atoms with Crippen molar-refractivity contribution >= 4 is 23.4 Å². The largest absolute Gasteiger partial charge is 0.463 e. The van der Waals surface area contributed by atoms with E-state index in [0.29, 0.717) is 26.3 Å². The molecule has 1 unspecified atom stereocenters. The Morgan fingerprint density at radius 3 is 2.67 bits per heavy atom. The van der Waals surface area contributed by atoms with Gasteiger partial charge in [0.05, 0.1) is 34.1 Å². The molecule has 1 aliphatic heterocycles. The lowest BCUT2D eigenvalue weighted by molar-refractivity contribution is -0.139. The lowest BCUT2D eigenvalue weighted by Crippen LogP contribution is -2.39. The zero-order chi connectivity index (χ0) is 21.3. The molecule has 7 nitrogen and oxygen atoms in total. The fraction of sp³-hybridized carbons (Fsp3) is 0.273. The first-order valence-electron chi connectivity index (χ1n) is 9.81. The average molecular weight is 423 g/mol. The predicted octanol–water partition coefficient (Wildman–Crippen LogP) is 2.01. The first-order valence-corrected chi connectivity index (χ1v) is 10.6. The van der Waals surface area contributed by atoms with Gasteiger partial charge in [-0.25, -0.2) is 9.79 Å². The standard InChI is InChI=1S/C22H22N4O3S/c1-4-25-12-11-16(24-25)13-17-20(27)26-19(15-9-7-6-8-10-15)18(21(28)29-5-2)14(3)23-22(26)30-17/h6-13,19H,4-5H2,1-3H3/b17-13+. The smallest absolute Gasteiger partial charge is 0.338 e. The number of carbonyl (C=O) groups is 1. The van der Waals surface area contributed by atoms with Crippen LogP contribution in [0.4, 0.5) is 0 Å². The average Bonchev–Trinajstić information content (AvgIpc) is 3.32. The summed E-state index contributed by atoms with van der Waals surface area (Å²) in [5, 5.41) is 4.44. The zero-order valence-electron chi connectivity index (χ0n) is 17.0. The molecule has 1 atom stereocenters. The number of hydrogen-bond donors (Lipinski definition) is 0. The van der Waals surface area contributed by atoms with Gasteiger partial charge in [0, 0.05) is 12.7 Å². The van der Waals surface area contributed by atoms with Crippen molar-refractivity contribution in [1.82, 2.24) is 14.3 Å². The van der Waals surface area contributed by atoms with Gasteiger partial charge in [-0.2, -0.15) is 5.10 Å². The molecule has 0 radical (unpaired) electrons. The molecule has 0 fully saturated rings. The number of esters is 1. The first-order chi connectivity index (χ1) is 14.5. The highest BCUT2D eigenvalue weighted by Crippen LogP contribution is 2.30. The topological polar surface area (TPSA) is 78.5 Å². The first kappa shape index (κ1) is 20.0. The van der Waals surface area contributed by atoms with Gasteiger partial charge in [-0.15, -0.1) is 0 Å². The minimum atomic E-state index is -0.586. The summed E-state index contributed by atoms with van der Waals surface area (Å²) in [6, 6.07) is 10.8. The van der Waals surface area contributed by atoms with Crippen LogP contribution < -0.4 is 14.9 Å². The van der Waals surface area contributed by atoms with Crippen molar-refractivity contribution in [3.05, 3.63) is 84.8 Å². The van der Waals surface area contributed by atoms with E-state index in [-0.39, 0.29) is 12.2 Å². The predicted molar refractivity (Wildman–Crippen MR) is 115 cm³/mol. The third-order valence-corrected chi connectivity index (χ3v) is 5.88. The van der Waals surface area contributed by atoms with Crippen LogP contribution in [0.1, 0.15) is 38.1 Å². The van der Waals surface area contributed by atoms with Crippen molar-refractivity contribution in [3.8, 4) is 0 Å². The second-order valence-electron chi connectivity index (χ2n) is 6.81. The summed E-state index contributed by atoms with van der Waals surface area (Å²) >= 11 is 1.30. The maximum Gasteiger partial charge on any atom is 0.338 e. The number of aryl methyl sites for hydroxylation is 1. The second kappa shape index (κ2) is 8.23. The number of thiazole rings is 1. The summed E-state index contributed by atoms with van der Waals surface area (Å²) in [5.74, 6) is -0.455. The molecule has 0 aliphatic carbocycles. The molecule has 1 aliphatic rings. The summed E-state index contributed by atoms with van der Waals surface area (Å²) in [4.78, 5) is 31.3. The molecule has 4 rings (SSSR count). The number of benzene rings is 1. The Balaban J connectivity index is 1.93. The Morgan fingerprint density at radius 2 is 2.00 bits per heavy atom. The Kier molecular flexibility index (Phi) is 5.50. The van der Waals surface area contributed by atoms with E-state index >= 15 is 0 Å². The summed E-state index contributed by atoms with van der Waals surface area (Å²) in [5.41, 5.74) is 2.29. The number of ether oxygens (including phenoxy) is 1. The summed E-state index contributed by atoms with van der Waals surface area (Å²) in [7, 11) is 0. The van der Waals surface area contributed by atoms with Gasteiger partial charge in [0.25, 0.3) is 5.56 Å². The van der Waals surface area contributed by atoms with Gasteiger partial charge in [0.1, 0.15) is 0 Å². The Hall–Kier alpha value is -3.26. The molecule has 0 spiro atoms. The van der Waals surface area contributed by atoms with E-state index in [1.165, 1.54) is 11.3 Å². The van der Waals surface area contributed by atoms with Crippen molar-refractivity contribution in [2.45, 2.75) is 33.4 Å². The summed E-state index contributed by atoms with van der Waals surface area (Å²) in [6.45, 7) is 6.55. The van der Waals surface area contributed by atoms with Crippen LogP contribution >= 0.6 is 11.3 Å². The van der Waals surface area contributed by atoms with Gasteiger partial charge >= 0.3 is 5.97 Å². The number of nitrogens with zero attached hydrogens (tertiary/aromatic N) is 4. The molecule has 8 heteroatoms. The van der Waals surface area contributed by atoms with Crippen LogP contribution in [0.3, 0.4) is 0 Å². The van der Waals surface area contributed by atoms with Crippen molar-refractivity contribution in [1.29, 1.82) is 0 Å². The van der Waals surface area contributed by atoms with Gasteiger partial charge in [-0.1, -0.05) is 41.7 Å². The number of rotatable bonds is 5. The van der Waals surface area contributed by atoms with E-state index in [1.54, 1.807) is 29.2 Å². The normalized spacial score (nSPS) is 16.4. The van der Waals surface area contributed by atoms with Crippen molar-refractivity contribution in [2.75, 3.05) is 6.61 Å². The Morgan fingerprint density at radius 1 is 1.23 bits per heavy atom. The molecule has 154 valence electrons. The van der Waals surface area contributed by atoms with Gasteiger partial charge in [-0.3, -0.25) is 14.0 Å². The molecule has 3 aromatic rings. The molecule has 0 bridgehead atoms. The van der Waals surface area contributed by atoms with Crippen LogP contribution in [-0.2, 0) is 16.1 Å². The number of aromatic nitrogens is 3. The van der Waals surface area contributed by atoms with Crippen molar-refractivity contribution in [3.63, 3.8) is 0 Å². The number of hydrogen-bond acceptors (Lipinski definition) is 6. The molecular formula is C22H22N4O3S. The third-order valence-electron chi connectivity index (χ3n) is 4.90. The van der Waals surface area contributed by atoms with Crippen LogP contribution in [0.25, 0.3) is 6.08 Å². The van der Waals surface area contributed by atoms with Gasteiger partial charge in [0.15, 0.2) is 4.80 Å². The van der Waals surface area contributed by atoms with Crippen LogP contribution in [0.2, 0.25) is 0 Å². The van der Waals surface area contributed by atoms with Gasteiger partial charge in [-0.05, 0) is 38.5 Å². The van der Waals surface area contributed by atoms with Crippen LogP contribution in [0.15, 0.2) is 63.7 Å². The monoisotopic (exact) mass is 422 g/mol. The van der Waals surface area contributed by atoms with E-state index in [2.05, 4.69) is 10.1 Å². The molecule has 30 heavy (non-hydrogen) atoms. The quantitative estimate of drug-likeness (QED) is 0.590. The van der Waals surface area contributed by atoms with Crippen LogP contribution in [0, 0.1) is 0 Å². The third kappa shape index (κ3) is 3.54. The highest BCUT2D eigenvalue weighted by atomic mass is 32.1. The lowest BCUT2D eigenvalue weighted by atomic mass is 9.96. The number of allylic oxidation sites excluding steroid dienone is 1. The number of carbonyl (C=O) groups excluding carboxylic acids is 1. The summed E-state index contributed by atoms with van der Waals surface area (Å²) in [6.07, 6.45) is 3.64. The minimum absolute atomic E-state index is 0.201. The van der Waals surface area contributed by atoms with Crippen molar-refractivity contribution in [2.24, 2.45) is 4.99 Å². The second-order valence-corrected chi connectivity index (χ2v) is 7.82. The fourth-order valence-corrected chi connectivity index (χ4v) is 4.54. The Labute approximate surface area is 177 Å². The molecule has 0 saturated heterocycles. The maximum absolute atomic E-state index is 13.4. The number of fused-ring (bicyclic) bond motifs is 1. The van der Waals surface area contributed by atoms with Crippen molar-refractivity contribution < 1.29 is 9.53 Å². The van der Waals surface area contributed by atoms with Crippen LogP contribution in [-0.4, -0.2) is 26.9 Å². The molecule has 1 aromatic carbocycles. The van der Waals surface area contributed by atoms with E-state index in [0.717, 1.165) is 12.1 Å². The van der Waals surface area contributed by atoms with E-state index < -0.39 is 12.0 Å². The fourth-order valence-electron chi connectivity index (χ4n) is 3.51. The maximum atomic E-state index is 13.4. The molecule has 0 saturated carbocycles. The zero-order valence-corrected chi connectivity index (χ0v) is 17.8. The van der Waals surface area contributed by atoms with E-state index in [9.17, 15) is 9.59 Å². The highest BCUT2D eigenvalue weighted by molar-refractivity contribution is 7.07. The lowest BCUT2D eigenvalue weighted by Gasteiger charge is -2.24. The minimum Gasteiger partial charge on any atom is -0.463 e. The van der Waals surface area contributed by atoms with Crippen LogP contribution in [0.5, 0.6) is 0 Å². The Bertz CT molecular complexity index is 1300. The SMILES string of the molecule is CCOC(=O)C1=C(C)N=c2s/c(=C/c3ccn(CC)n3)c(=O)n2C1c1ccccc1. The molecule has 0 N–H and O–H groups in total. The highest BCUT2D eigenvalue weighted by Gasteiger charge is 2.33. The van der Waals surface area contributed by atoms with Gasteiger partial charge in [0.2, 0.25) is 0 Å². The van der Waals surface area contributed by atoms with Gasteiger partial charge < -0.3 is 4.74 Å². The molecule has 3 heterocycles.